The first kappa shape index (κ1) is 20.9. The third-order valence-electron chi connectivity index (χ3n) is 5.40. The molecule has 1 aromatic carbocycles. The van der Waals surface area contributed by atoms with Crippen LogP contribution in [0.1, 0.15) is 52.8 Å². The van der Waals surface area contributed by atoms with Gasteiger partial charge < -0.3 is 19.6 Å². The van der Waals surface area contributed by atoms with Crippen molar-refractivity contribution in [3.63, 3.8) is 0 Å². The van der Waals surface area contributed by atoms with Gasteiger partial charge >= 0.3 is 0 Å². The van der Waals surface area contributed by atoms with Gasteiger partial charge in [0.05, 0.1) is 18.2 Å². The van der Waals surface area contributed by atoms with Gasteiger partial charge in [-0.1, -0.05) is 25.1 Å². The number of carbonyl (C=O) groups excluding carboxylic acids is 1. The molecule has 6 heteroatoms. The predicted molar refractivity (Wildman–Crippen MR) is 116 cm³/mol. The number of pyridine rings is 1. The molecule has 0 aliphatic heterocycles. The lowest BCUT2D eigenvalue weighted by Gasteiger charge is -2.17. The summed E-state index contributed by atoms with van der Waals surface area (Å²) in [5, 5.41) is 3.87. The number of para-hydroxylation sites is 1. The summed E-state index contributed by atoms with van der Waals surface area (Å²) in [4.78, 5) is 28.4. The summed E-state index contributed by atoms with van der Waals surface area (Å²) in [6.45, 7) is 8.65. The molecule has 0 spiro atoms. The van der Waals surface area contributed by atoms with Gasteiger partial charge in [-0.15, -0.1) is 0 Å². The molecule has 6 nitrogen and oxygen atoms in total. The number of carbonyl (C=O) groups is 1. The number of aromatic nitrogens is 2. The minimum atomic E-state index is -0.177. The molecule has 2 aromatic heterocycles. The molecule has 154 valence electrons. The van der Waals surface area contributed by atoms with Gasteiger partial charge in [0.1, 0.15) is 0 Å². The maximum Gasteiger partial charge on any atom is 0.254 e. The summed E-state index contributed by atoms with van der Waals surface area (Å²) in [6.07, 6.45) is 0.739. The number of hydrogen-bond donors (Lipinski definition) is 2. The first-order valence-corrected chi connectivity index (χ1v) is 9.97. The summed E-state index contributed by atoms with van der Waals surface area (Å²) < 4.78 is 7.47. The summed E-state index contributed by atoms with van der Waals surface area (Å²) in [5.74, 6) is -0.177. The molecular formula is C23H29N3O3. The van der Waals surface area contributed by atoms with Gasteiger partial charge in [-0.2, -0.15) is 0 Å². The Morgan fingerprint density at radius 3 is 2.69 bits per heavy atom. The molecule has 0 radical (unpaired) electrons. The molecule has 0 bridgehead atoms. The van der Waals surface area contributed by atoms with Gasteiger partial charge in [-0.05, 0) is 44.9 Å². The molecule has 1 unspecified atom stereocenters. The normalized spacial score (nSPS) is 12.3. The van der Waals surface area contributed by atoms with Crippen LogP contribution in [0, 0.1) is 13.8 Å². The van der Waals surface area contributed by atoms with E-state index in [1.54, 1.807) is 7.11 Å². The molecule has 0 aliphatic carbocycles. The highest BCUT2D eigenvalue weighted by Gasteiger charge is 2.22. The number of methoxy groups -OCH3 is 1. The maximum absolute atomic E-state index is 13.2. The van der Waals surface area contributed by atoms with E-state index in [0.29, 0.717) is 17.7 Å². The van der Waals surface area contributed by atoms with Gasteiger partial charge in [-0.25, -0.2) is 0 Å². The zero-order valence-corrected chi connectivity index (χ0v) is 17.8. The van der Waals surface area contributed by atoms with Gasteiger partial charge in [0.15, 0.2) is 0 Å². The SMILES string of the molecule is CCc1cc(C)[nH]c(=O)c1CNC(=O)c1c(C)n(C(C)COC)c2ccccc12. The number of amides is 1. The number of aryl methyl sites for hydroxylation is 2. The molecular weight excluding hydrogens is 366 g/mol. The highest BCUT2D eigenvalue weighted by molar-refractivity contribution is 6.08. The summed E-state index contributed by atoms with van der Waals surface area (Å²) >= 11 is 0. The highest BCUT2D eigenvalue weighted by atomic mass is 16.5. The third-order valence-corrected chi connectivity index (χ3v) is 5.40. The van der Waals surface area contributed by atoms with Gasteiger partial charge in [-0.3, -0.25) is 9.59 Å². The number of benzene rings is 1. The molecule has 3 aromatic rings. The van der Waals surface area contributed by atoms with E-state index in [1.807, 2.05) is 51.1 Å². The Morgan fingerprint density at radius 2 is 2.00 bits per heavy atom. The van der Waals surface area contributed by atoms with Crippen molar-refractivity contribution in [3.05, 3.63) is 68.8 Å². The number of ether oxygens (including phenoxy) is 1. The number of fused-ring (bicyclic) bond motifs is 1. The van der Waals surface area contributed by atoms with Crippen molar-refractivity contribution in [2.24, 2.45) is 0 Å². The van der Waals surface area contributed by atoms with Crippen LogP contribution in [0.2, 0.25) is 0 Å². The second kappa shape index (κ2) is 8.66. The maximum atomic E-state index is 13.2. The Balaban J connectivity index is 1.97. The molecule has 1 atom stereocenters. The van der Waals surface area contributed by atoms with E-state index in [9.17, 15) is 9.59 Å². The summed E-state index contributed by atoms with van der Waals surface area (Å²) in [6, 6.07) is 9.95. The van der Waals surface area contributed by atoms with Gasteiger partial charge in [0.2, 0.25) is 0 Å². The van der Waals surface area contributed by atoms with E-state index >= 15 is 0 Å². The molecule has 2 N–H and O–H groups in total. The van der Waals surface area contributed by atoms with E-state index < -0.39 is 0 Å². The molecule has 3 rings (SSSR count). The van der Waals surface area contributed by atoms with E-state index in [2.05, 4.69) is 21.8 Å². The van der Waals surface area contributed by atoms with E-state index in [-0.39, 0.29) is 24.1 Å². The molecule has 2 heterocycles. The van der Waals surface area contributed by atoms with Crippen molar-refractivity contribution in [3.8, 4) is 0 Å². The van der Waals surface area contributed by atoms with Crippen molar-refractivity contribution >= 4 is 16.8 Å². The van der Waals surface area contributed by atoms with Gasteiger partial charge in [0, 0.05) is 41.5 Å². The van der Waals surface area contributed by atoms with Crippen LogP contribution >= 0.6 is 0 Å². The Morgan fingerprint density at radius 1 is 1.28 bits per heavy atom. The van der Waals surface area contributed by atoms with Crippen LogP contribution in [0.4, 0.5) is 0 Å². The summed E-state index contributed by atoms with van der Waals surface area (Å²) in [5.41, 5.74) is 4.79. The van der Waals surface area contributed by atoms with E-state index in [0.717, 1.165) is 34.3 Å². The summed E-state index contributed by atoms with van der Waals surface area (Å²) in [7, 11) is 1.68. The van der Waals surface area contributed by atoms with Crippen LogP contribution < -0.4 is 10.9 Å². The lowest BCUT2D eigenvalue weighted by Crippen LogP contribution is -2.28. The Hall–Kier alpha value is -2.86. The van der Waals surface area contributed by atoms with Crippen LogP contribution in [0.5, 0.6) is 0 Å². The standard InChI is InChI=1S/C23H29N3O3/c1-6-17-11-14(2)25-22(27)19(17)12-24-23(28)21-16(4)26(15(3)13-29-5)20-10-8-7-9-18(20)21/h7-11,15H,6,12-13H2,1-5H3,(H,24,28)(H,25,27). The second-order valence-electron chi connectivity index (χ2n) is 7.47. The minimum Gasteiger partial charge on any atom is -0.383 e. The first-order valence-electron chi connectivity index (χ1n) is 9.97. The number of rotatable bonds is 7. The molecule has 1 amide bonds. The fourth-order valence-electron chi connectivity index (χ4n) is 4.11. The van der Waals surface area contributed by atoms with Crippen molar-refractivity contribution < 1.29 is 9.53 Å². The average molecular weight is 396 g/mol. The fraction of sp³-hybridized carbons (Fsp3) is 0.391. The zero-order valence-electron chi connectivity index (χ0n) is 17.8. The van der Waals surface area contributed by atoms with Crippen LogP contribution in [0.15, 0.2) is 35.1 Å². The molecule has 0 saturated heterocycles. The molecule has 0 fully saturated rings. The second-order valence-corrected chi connectivity index (χ2v) is 7.47. The predicted octanol–water partition coefficient (Wildman–Crippen LogP) is 3.65. The van der Waals surface area contributed by atoms with Gasteiger partial charge in [0.25, 0.3) is 11.5 Å². The average Bonchev–Trinajstić information content (AvgIpc) is 2.98. The number of H-pyrrole nitrogens is 1. The smallest absolute Gasteiger partial charge is 0.254 e. The van der Waals surface area contributed by atoms with Crippen molar-refractivity contribution in [2.45, 2.75) is 46.7 Å². The molecule has 29 heavy (non-hydrogen) atoms. The Kier molecular flexibility index (Phi) is 6.23. The number of nitrogens with one attached hydrogen (secondary N) is 2. The molecule has 0 saturated carbocycles. The van der Waals surface area contributed by atoms with Crippen LogP contribution in [-0.4, -0.2) is 29.2 Å². The lowest BCUT2D eigenvalue weighted by molar-refractivity contribution is 0.0951. The Bertz CT molecular complexity index is 1090. The number of hydrogen-bond acceptors (Lipinski definition) is 3. The molecule has 0 aliphatic rings. The van der Waals surface area contributed by atoms with E-state index in [4.69, 9.17) is 4.74 Å². The van der Waals surface area contributed by atoms with Crippen LogP contribution in [0.25, 0.3) is 10.9 Å². The van der Waals surface area contributed by atoms with Crippen LogP contribution in [-0.2, 0) is 17.7 Å². The zero-order chi connectivity index (χ0) is 21.1. The lowest BCUT2D eigenvalue weighted by atomic mass is 10.1. The fourth-order valence-corrected chi connectivity index (χ4v) is 4.11. The first-order chi connectivity index (χ1) is 13.9. The minimum absolute atomic E-state index is 0.0955. The van der Waals surface area contributed by atoms with Crippen LogP contribution in [0.3, 0.4) is 0 Å². The van der Waals surface area contributed by atoms with Crippen molar-refractivity contribution in [1.29, 1.82) is 0 Å². The highest BCUT2D eigenvalue weighted by Crippen LogP contribution is 2.29. The van der Waals surface area contributed by atoms with E-state index in [1.165, 1.54) is 0 Å². The topological polar surface area (TPSA) is 76.1 Å². The number of aromatic amines is 1. The largest absolute Gasteiger partial charge is 0.383 e. The monoisotopic (exact) mass is 395 g/mol. The van der Waals surface area contributed by atoms with Crippen molar-refractivity contribution in [1.82, 2.24) is 14.9 Å². The van der Waals surface area contributed by atoms with Crippen molar-refractivity contribution in [2.75, 3.05) is 13.7 Å². The third kappa shape index (κ3) is 3.98. The quantitative estimate of drug-likeness (QED) is 0.641. The Labute approximate surface area is 170 Å². The number of nitrogens with zero attached hydrogens (tertiary/aromatic N) is 1.